The molecule has 1 aliphatic heterocycles. The van der Waals surface area contributed by atoms with E-state index in [1.165, 1.54) is 12.0 Å². The summed E-state index contributed by atoms with van der Waals surface area (Å²) in [6.07, 6.45) is -3.82. The number of morpholine rings is 1. The lowest BCUT2D eigenvalue weighted by atomic mass is 10.1. The zero-order valence-electron chi connectivity index (χ0n) is 13.8. The van der Waals surface area contributed by atoms with Gasteiger partial charge < -0.3 is 29.0 Å². The number of benzene rings is 1. The number of ether oxygens (including phenoxy) is 4. The maximum Gasteiger partial charge on any atom is 0.338 e. The molecule has 1 fully saturated rings. The van der Waals surface area contributed by atoms with Gasteiger partial charge >= 0.3 is 5.97 Å². The Hall–Kier alpha value is -2.16. The lowest BCUT2D eigenvalue weighted by molar-refractivity contribution is -0.224. The molecule has 1 saturated heterocycles. The number of aliphatic hydroxyl groups excluding tert-OH is 1. The van der Waals surface area contributed by atoms with E-state index in [1.807, 2.05) is 12.1 Å². The van der Waals surface area contributed by atoms with E-state index in [0.29, 0.717) is 5.75 Å². The van der Waals surface area contributed by atoms with Gasteiger partial charge in [0, 0.05) is 13.7 Å². The first-order valence-corrected chi connectivity index (χ1v) is 7.36. The highest BCUT2D eigenvalue weighted by Crippen LogP contribution is 2.20. The van der Waals surface area contributed by atoms with Crippen LogP contribution in [0.4, 0.5) is 0 Å². The predicted molar refractivity (Wildman–Crippen MR) is 82.1 cm³/mol. The average molecular weight is 339 g/mol. The van der Waals surface area contributed by atoms with E-state index in [4.69, 9.17) is 14.2 Å². The van der Waals surface area contributed by atoms with Crippen LogP contribution < -0.4 is 4.74 Å². The van der Waals surface area contributed by atoms with Crippen LogP contribution in [0.15, 0.2) is 24.3 Å². The molecule has 0 aliphatic carbocycles. The topological polar surface area (TPSA) is 94.5 Å². The molecule has 0 aromatic heterocycles. The fourth-order valence-electron chi connectivity index (χ4n) is 2.39. The largest absolute Gasteiger partial charge is 0.497 e. The van der Waals surface area contributed by atoms with Crippen molar-refractivity contribution in [1.82, 2.24) is 4.90 Å². The van der Waals surface area contributed by atoms with Gasteiger partial charge in [-0.25, -0.2) is 4.79 Å². The number of hydrogen-bond acceptors (Lipinski definition) is 7. The highest BCUT2D eigenvalue weighted by atomic mass is 16.7. The van der Waals surface area contributed by atoms with Crippen LogP contribution >= 0.6 is 0 Å². The van der Waals surface area contributed by atoms with Gasteiger partial charge in [0.2, 0.25) is 0 Å². The van der Waals surface area contributed by atoms with Gasteiger partial charge in [-0.05, 0) is 17.7 Å². The minimum Gasteiger partial charge on any atom is -0.497 e. The van der Waals surface area contributed by atoms with E-state index in [0.717, 1.165) is 12.7 Å². The fourth-order valence-corrected chi connectivity index (χ4v) is 2.39. The normalized spacial score (nSPS) is 22.2. The standard InChI is InChI=1S/C16H21NO7/c1-21-11-6-4-10(5-7-11)8-17-9-12(22-2)24-14(15(17)19)13(18)16(20)23-3/h4-7,12-14,18H,8-9H2,1-3H3/t12?,13-,14-/m1/s1. The summed E-state index contributed by atoms with van der Waals surface area (Å²) < 4.78 is 20.1. The van der Waals surface area contributed by atoms with Crippen LogP contribution in [0, 0.1) is 0 Å². The first-order chi connectivity index (χ1) is 11.5. The van der Waals surface area contributed by atoms with Gasteiger partial charge in [0.05, 0.1) is 20.8 Å². The zero-order valence-corrected chi connectivity index (χ0v) is 13.8. The summed E-state index contributed by atoms with van der Waals surface area (Å²) in [6, 6.07) is 7.23. The number of rotatable bonds is 6. The van der Waals surface area contributed by atoms with Crippen LogP contribution in [0.1, 0.15) is 5.56 Å². The number of amides is 1. The summed E-state index contributed by atoms with van der Waals surface area (Å²) in [7, 11) is 4.12. The number of nitrogens with zero attached hydrogens (tertiary/aromatic N) is 1. The van der Waals surface area contributed by atoms with Crippen molar-refractivity contribution in [3.63, 3.8) is 0 Å². The third kappa shape index (κ3) is 4.02. The SMILES string of the molecule is COC(=O)[C@H](O)[C@H]1OC(OC)CN(Cc2ccc(OC)cc2)C1=O. The van der Waals surface area contributed by atoms with Crippen LogP contribution in [0.5, 0.6) is 5.75 Å². The van der Waals surface area contributed by atoms with Crippen molar-refractivity contribution in [2.24, 2.45) is 0 Å². The van der Waals surface area contributed by atoms with Crippen molar-refractivity contribution in [2.45, 2.75) is 25.0 Å². The predicted octanol–water partition coefficient (Wildman–Crippen LogP) is -0.0710. The van der Waals surface area contributed by atoms with Gasteiger partial charge in [0.25, 0.3) is 5.91 Å². The van der Waals surface area contributed by atoms with Gasteiger partial charge in [-0.3, -0.25) is 4.79 Å². The molecule has 24 heavy (non-hydrogen) atoms. The van der Waals surface area contributed by atoms with E-state index in [-0.39, 0.29) is 13.1 Å². The molecule has 1 amide bonds. The van der Waals surface area contributed by atoms with Crippen molar-refractivity contribution in [3.05, 3.63) is 29.8 Å². The summed E-state index contributed by atoms with van der Waals surface area (Å²) in [5, 5.41) is 9.96. The Morgan fingerprint density at radius 2 is 2.00 bits per heavy atom. The summed E-state index contributed by atoms with van der Waals surface area (Å²) in [6.45, 7) is 0.474. The minimum absolute atomic E-state index is 0.186. The highest BCUT2D eigenvalue weighted by molar-refractivity contribution is 5.89. The number of carbonyl (C=O) groups excluding carboxylic acids is 2. The van der Waals surface area contributed by atoms with Crippen molar-refractivity contribution >= 4 is 11.9 Å². The van der Waals surface area contributed by atoms with E-state index in [2.05, 4.69) is 4.74 Å². The second kappa shape index (κ2) is 8.09. The Morgan fingerprint density at radius 1 is 1.33 bits per heavy atom. The lowest BCUT2D eigenvalue weighted by Gasteiger charge is -2.37. The molecule has 1 aromatic carbocycles. The summed E-state index contributed by atoms with van der Waals surface area (Å²) in [5.74, 6) is -0.729. The molecule has 132 valence electrons. The molecule has 1 N–H and O–H groups in total. The Kier molecular flexibility index (Phi) is 6.13. The van der Waals surface area contributed by atoms with E-state index >= 15 is 0 Å². The van der Waals surface area contributed by atoms with Crippen molar-refractivity contribution in [1.29, 1.82) is 0 Å². The number of esters is 1. The van der Waals surface area contributed by atoms with E-state index in [1.54, 1.807) is 19.2 Å². The molecular formula is C16H21NO7. The van der Waals surface area contributed by atoms with Crippen molar-refractivity contribution < 1.29 is 33.6 Å². The second-order valence-electron chi connectivity index (χ2n) is 5.26. The van der Waals surface area contributed by atoms with Gasteiger partial charge in [0.1, 0.15) is 5.75 Å². The molecule has 1 heterocycles. The Morgan fingerprint density at radius 3 is 2.54 bits per heavy atom. The molecule has 1 aromatic rings. The molecule has 0 radical (unpaired) electrons. The van der Waals surface area contributed by atoms with Gasteiger partial charge in [-0.1, -0.05) is 12.1 Å². The van der Waals surface area contributed by atoms with Gasteiger partial charge in [0.15, 0.2) is 18.5 Å². The number of methoxy groups -OCH3 is 3. The monoisotopic (exact) mass is 339 g/mol. The number of carbonyl (C=O) groups is 2. The fraction of sp³-hybridized carbons (Fsp3) is 0.500. The van der Waals surface area contributed by atoms with Gasteiger partial charge in [-0.15, -0.1) is 0 Å². The quantitative estimate of drug-likeness (QED) is 0.725. The summed E-state index contributed by atoms with van der Waals surface area (Å²) >= 11 is 0. The van der Waals surface area contributed by atoms with Crippen LogP contribution in [-0.2, 0) is 30.3 Å². The molecule has 0 bridgehead atoms. The smallest absolute Gasteiger partial charge is 0.338 e. The molecule has 8 heteroatoms. The lowest BCUT2D eigenvalue weighted by Crippen LogP contribution is -2.57. The van der Waals surface area contributed by atoms with Gasteiger partial charge in [-0.2, -0.15) is 0 Å². The zero-order chi connectivity index (χ0) is 17.7. The van der Waals surface area contributed by atoms with Crippen molar-refractivity contribution in [3.8, 4) is 5.75 Å². The van der Waals surface area contributed by atoms with E-state index < -0.39 is 30.4 Å². The maximum absolute atomic E-state index is 12.5. The Labute approximate surface area is 139 Å². The molecule has 1 aliphatic rings. The Bertz CT molecular complexity index is 574. The summed E-state index contributed by atoms with van der Waals surface area (Å²) in [5.41, 5.74) is 0.868. The first-order valence-electron chi connectivity index (χ1n) is 7.36. The summed E-state index contributed by atoms with van der Waals surface area (Å²) in [4.78, 5) is 25.5. The maximum atomic E-state index is 12.5. The number of hydrogen-bond donors (Lipinski definition) is 1. The van der Waals surface area contributed by atoms with Crippen LogP contribution in [0.25, 0.3) is 0 Å². The third-order valence-electron chi connectivity index (χ3n) is 3.75. The average Bonchev–Trinajstić information content (AvgIpc) is 2.62. The molecule has 8 nitrogen and oxygen atoms in total. The minimum atomic E-state index is -1.71. The molecule has 2 rings (SSSR count). The third-order valence-corrected chi connectivity index (χ3v) is 3.75. The Balaban J connectivity index is 2.14. The molecule has 0 spiro atoms. The second-order valence-corrected chi connectivity index (χ2v) is 5.26. The van der Waals surface area contributed by atoms with Crippen LogP contribution in [-0.4, -0.2) is 68.3 Å². The van der Waals surface area contributed by atoms with Crippen LogP contribution in [0.3, 0.4) is 0 Å². The van der Waals surface area contributed by atoms with E-state index in [9.17, 15) is 14.7 Å². The highest BCUT2D eigenvalue weighted by Gasteiger charge is 2.42. The van der Waals surface area contributed by atoms with Crippen LogP contribution in [0.2, 0.25) is 0 Å². The number of aliphatic hydroxyl groups is 1. The first kappa shape index (κ1) is 18.2. The molecule has 3 atom stereocenters. The molecule has 0 saturated carbocycles. The van der Waals surface area contributed by atoms with Crippen molar-refractivity contribution in [2.75, 3.05) is 27.9 Å². The molecule has 1 unspecified atom stereocenters. The molecular weight excluding hydrogens is 318 g/mol.